The first-order valence-electron chi connectivity index (χ1n) is 9.51. The summed E-state index contributed by atoms with van der Waals surface area (Å²) in [5, 5.41) is 3.13. The largest absolute Gasteiger partial charge is 0.573 e. The first-order valence-corrected chi connectivity index (χ1v) is 9.51. The van der Waals surface area contributed by atoms with E-state index in [9.17, 15) is 17.6 Å². The molecule has 0 amide bonds. The summed E-state index contributed by atoms with van der Waals surface area (Å²) in [6, 6.07) is 15.4. The lowest BCUT2D eigenvalue weighted by molar-refractivity contribution is -0.274. The van der Waals surface area contributed by atoms with Crippen molar-refractivity contribution in [2.24, 2.45) is 0 Å². The Morgan fingerprint density at radius 3 is 2.20 bits per heavy atom. The van der Waals surface area contributed by atoms with Gasteiger partial charge in [-0.1, -0.05) is 0 Å². The Kier molecular flexibility index (Phi) is 5.48. The second kappa shape index (κ2) is 8.22. The maximum absolute atomic E-state index is 13.3. The highest BCUT2D eigenvalue weighted by molar-refractivity contribution is 5.71. The van der Waals surface area contributed by atoms with E-state index in [1.165, 1.54) is 36.4 Å². The molecule has 1 saturated heterocycles. The second-order valence-electron chi connectivity index (χ2n) is 6.99. The maximum Gasteiger partial charge on any atom is 0.573 e. The summed E-state index contributed by atoms with van der Waals surface area (Å²) >= 11 is 0. The van der Waals surface area contributed by atoms with E-state index >= 15 is 0 Å². The third kappa shape index (κ3) is 5.00. The molecule has 1 N–H and O–H groups in total. The highest BCUT2D eigenvalue weighted by Crippen LogP contribution is 2.31. The second-order valence-corrected chi connectivity index (χ2v) is 6.99. The molecule has 0 radical (unpaired) electrons. The van der Waals surface area contributed by atoms with Crippen molar-refractivity contribution in [1.82, 2.24) is 4.98 Å². The Hall–Kier alpha value is -3.29. The number of hydrogen-bond acceptors (Lipinski definition) is 4. The minimum Gasteiger partial charge on any atom is -0.406 e. The van der Waals surface area contributed by atoms with Crippen molar-refractivity contribution < 1.29 is 22.3 Å². The Morgan fingerprint density at radius 2 is 1.57 bits per heavy atom. The van der Waals surface area contributed by atoms with Gasteiger partial charge in [0.15, 0.2) is 0 Å². The third-order valence-electron chi connectivity index (χ3n) is 4.78. The molecule has 3 aromatic rings. The number of rotatable bonds is 5. The van der Waals surface area contributed by atoms with Crippen molar-refractivity contribution in [2.75, 3.05) is 23.3 Å². The number of anilines is 3. The summed E-state index contributed by atoms with van der Waals surface area (Å²) in [4.78, 5) is 6.86. The number of ether oxygens (including phenoxy) is 1. The van der Waals surface area contributed by atoms with Gasteiger partial charge in [-0.05, 0) is 67.4 Å². The van der Waals surface area contributed by atoms with Crippen molar-refractivity contribution >= 4 is 17.2 Å². The number of alkyl halides is 3. The molecular weight excluding hydrogens is 398 g/mol. The van der Waals surface area contributed by atoms with Gasteiger partial charge in [0, 0.05) is 36.1 Å². The fraction of sp³-hybridized carbons (Fsp3) is 0.227. The van der Waals surface area contributed by atoms with E-state index in [0.29, 0.717) is 17.2 Å². The van der Waals surface area contributed by atoms with Gasteiger partial charge >= 0.3 is 6.36 Å². The zero-order valence-electron chi connectivity index (χ0n) is 15.9. The van der Waals surface area contributed by atoms with Gasteiger partial charge in [-0.2, -0.15) is 0 Å². The van der Waals surface area contributed by atoms with E-state index in [1.54, 1.807) is 12.1 Å². The van der Waals surface area contributed by atoms with Gasteiger partial charge in [-0.25, -0.2) is 9.37 Å². The highest BCUT2D eigenvalue weighted by atomic mass is 19.4. The van der Waals surface area contributed by atoms with Gasteiger partial charge in [0.1, 0.15) is 17.4 Å². The quantitative estimate of drug-likeness (QED) is 0.507. The number of pyridine rings is 1. The van der Waals surface area contributed by atoms with Crippen LogP contribution in [0.15, 0.2) is 60.7 Å². The van der Waals surface area contributed by atoms with Crippen LogP contribution in [0.1, 0.15) is 12.8 Å². The van der Waals surface area contributed by atoms with Crippen LogP contribution < -0.4 is 15.0 Å². The van der Waals surface area contributed by atoms with Gasteiger partial charge < -0.3 is 15.0 Å². The monoisotopic (exact) mass is 417 g/mol. The molecular formula is C22H19F4N3O. The molecule has 1 fully saturated rings. The van der Waals surface area contributed by atoms with Crippen LogP contribution in [0.4, 0.5) is 34.8 Å². The molecule has 1 aliphatic heterocycles. The molecule has 2 aromatic carbocycles. The molecule has 0 saturated carbocycles. The van der Waals surface area contributed by atoms with Crippen LogP contribution in [0, 0.1) is 5.82 Å². The predicted molar refractivity (Wildman–Crippen MR) is 107 cm³/mol. The van der Waals surface area contributed by atoms with Gasteiger partial charge in [-0.15, -0.1) is 13.2 Å². The molecule has 156 valence electrons. The smallest absolute Gasteiger partial charge is 0.406 e. The Morgan fingerprint density at radius 1 is 0.900 bits per heavy atom. The fourth-order valence-corrected chi connectivity index (χ4v) is 3.39. The van der Waals surface area contributed by atoms with Crippen LogP contribution in [-0.2, 0) is 0 Å². The van der Waals surface area contributed by atoms with E-state index in [0.717, 1.165) is 37.2 Å². The first kappa shape index (κ1) is 20.0. The first-order chi connectivity index (χ1) is 14.4. The minimum absolute atomic E-state index is 0.293. The zero-order valence-corrected chi connectivity index (χ0v) is 15.9. The molecule has 1 aromatic heterocycles. The van der Waals surface area contributed by atoms with Crippen LogP contribution in [-0.4, -0.2) is 24.4 Å². The lowest BCUT2D eigenvalue weighted by Gasteiger charge is -2.20. The lowest BCUT2D eigenvalue weighted by atomic mass is 10.1. The number of halogens is 4. The Balaban J connectivity index is 1.62. The van der Waals surface area contributed by atoms with E-state index in [1.807, 2.05) is 12.1 Å². The van der Waals surface area contributed by atoms with Crippen LogP contribution in [0.25, 0.3) is 11.3 Å². The summed E-state index contributed by atoms with van der Waals surface area (Å²) in [6.07, 6.45) is -2.51. The van der Waals surface area contributed by atoms with Gasteiger partial charge in [0.2, 0.25) is 0 Å². The standard InChI is InChI=1S/C22H19F4N3O/c23-16-5-3-15(4-6-16)20-13-18(29-11-1-2-12-29)14-21(28-20)27-17-7-9-19(10-8-17)30-22(24,25)26/h3-10,13-14H,1-2,11-12H2,(H,27,28). The van der Waals surface area contributed by atoms with Crippen molar-refractivity contribution in [1.29, 1.82) is 0 Å². The molecule has 0 aliphatic carbocycles. The van der Waals surface area contributed by atoms with Gasteiger partial charge in [0.25, 0.3) is 0 Å². The molecule has 0 spiro atoms. The molecule has 0 bridgehead atoms. The number of nitrogens with one attached hydrogen (secondary N) is 1. The van der Waals surface area contributed by atoms with Crippen LogP contribution in [0.5, 0.6) is 5.75 Å². The summed E-state index contributed by atoms with van der Waals surface area (Å²) < 4.78 is 54.2. The fourth-order valence-electron chi connectivity index (χ4n) is 3.39. The SMILES string of the molecule is Fc1ccc(-c2cc(N3CCCC3)cc(Nc3ccc(OC(F)(F)F)cc3)n2)cc1. The maximum atomic E-state index is 13.3. The van der Waals surface area contributed by atoms with E-state index in [-0.39, 0.29) is 11.6 Å². The molecule has 0 atom stereocenters. The number of aromatic nitrogens is 1. The molecule has 1 aliphatic rings. The number of hydrogen-bond donors (Lipinski definition) is 1. The lowest BCUT2D eigenvalue weighted by Crippen LogP contribution is -2.18. The Bertz CT molecular complexity index is 998. The van der Waals surface area contributed by atoms with E-state index in [2.05, 4.69) is 19.9 Å². The molecule has 30 heavy (non-hydrogen) atoms. The normalized spacial score (nSPS) is 14.1. The van der Waals surface area contributed by atoms with Gasteiger partial charge in [0.05, 0.1) is 5.69 Å². The summed E-state index contributed by atoms with van der Waals surface area (Å²) in [5.74, 6) is -0.0731. The van der Waals surface area contributed by atoms with Crippen LogP contribution >= 0.6 is 0 Å². The summed E-state index contributed by atoms with van der Waals surface area (Å²) in [5.41, 5.74) is 3.01. The Labute approximate surface area is 171 Å². The number of nitrogens with zero attached hydrogens (tertiary/aromatic N) is 2. The van der Waals surface area contributed by atoms with Crippen molar-refractivity contribution in [3.05, 3.63) is 66.5 Å². The zero-order chi connectivity index (χ0) is 21.1. The average molecular weight is 417 g/mol. The molecule has 8 heteroatoms. The number of benzene rings is 2. The summed E-state index contributed by atoms with van der Waals surface area (Å²) in [7, 11) is 0. The van der Waals surface area contributed by atoms with Gasteiger partial charge in [-0.3, -0.25) is 0 Å². The molecule has 2 heterocycles. The van der Waals surface area contributed by atoms with E-state index in [4.69, 9.17) is 0 Å². The third-order valence-corrected chi connectivity index (χ3v) is 4.78. The molecule has 0 unspecified atom stereocenters. The molecule has 4 rings (SSSR count). The van der Waals surface area contributed by atoms with E-state index < -0.39 is 6.36 Å². The average Bonchev–Trinajstić information content (AvgIpc) is 3.24. The van der Waals surface area contributed by atoms with Crippen molar-refractivity contribution in [2.45, 2.75) is 19.2 Å². The van der Waals surface area contributed by atoms with Crippen LogP contribution in [0.2, 0.25) is 0 Å². The predicted octanol–water partition coefficient (Wildman–Crippen LogP) is 6.13. The minimum atomic E-state index is -4.73. The topological polar surface area (TPSA) is 37.4 Å². The highest BCUT2D eigenvalue weighted by Gasteiger charge is 2.31. The summed E-state index contributed by atoms with van der Waals surface area (Å²) in [6.45, 7) is 1.88. The van der Waals surface area contributed by atoms with Crippen molar-refractivity contribution in [3.8, 4) is 17.0 Å². The van der Waals surface area contributed by atoms with Crippen molar-refractivity contribution in [3.63, 3.8) is 0 Å². The molecule has 4 nitrogen and oxygen atoms in total. The van der Waals surface area contributed by atoms with Crippen LogP contribution in [0.3, 0.4) is 0 Å².